The van der Waals surface area contributed by atoms with Crippen LogP contribution < -0.4 is 5.32 Å². The third-order valence-electron chi connectivity index (χ3n) is 8.27. The van der Waals surface area contributed by atoms with Crippen molar-refractivity contribution in [3.63, 3.8) is 0 Å². The van der Waals surface area contributed by atoms with Crippen molar-refractivity contribution in [3.8, 4) is 0 Å². The smallest absolute Gasteiger partial charge is 0.123 e. The lowest BCUT2D eigenvalue weighted by Crippen LogP contribution is -2.59. The van der Waals surface area contributed by atoms with Crippen LogP contribution in [0.15, 0.2) is 48.5 Å². The Balaban J connectivity index is 1.36. The lowest BCUT2D eigenvalue weighted by atomic mass is 9.60. The van der Waals surface area contributed by atoms with Crippen molar-refractivity contribution in [2.24, 2.45) is 5.41 Å². The van der Waals surface area contributed by atoms with E-state index in [1.54, 1.807) is 12.1 Å². The summed E-state index contributed by atoms with van der Waals surface area (Å²) in [4.78, 5) is 5.42. The average Bonchev–Trinajstić information content (AvgIpc) is 2.79. The number of piperidine rings is 1. The van der Waals surface area contributed by atoms with Crippen molar-refractivity contribution in [2.75, 3.05) is 32.7 Å². The predicted molar refractivity (Wildman–Crippen MR) is 129 cm³/mol. The second kappa shape index (κ2) is 9.24. The van der Waals surface area contributed by atoms with Gasteiger partial charge in [0.05, 0.1) is 0 Å². The first kappa shape index (κ1) is 22.1. The number of halogens is 1. The van der Waals surface area contributed by atoms with E-state index in [0.29, 0.717) is 23.4 Å². The minimum Gasteiger partial charge on any atom is -0.317 e. The summed E-state index contributed by atoms with van der Waals surface area (Å²) in [6.07, 6.45) is 5.43. The average molecular weight is 436 g/mol. The molecule has 3 nitrogen and oxygen atoms in total. The van der Waals surface area contributed by atoms with Gasteiger partial charge >= 0.3 is 0 Å². The van der Waals surface area contributed by atoms with E-state index in [9.17, 15) is 4.39 Å². The topological polar surface area (TPSA) is 18.5 Å². The van der Waals surface area contributed by atoms with Crippen LogP contribution in [0, 0.1) is 11.2 Å². The summed E-state index contributed by atoms with van der Waals surface area (Å²) in [6, 6.07) is 17.3. The molecular formula is C28H38FN3. The van der Waals surface area contributed by atoms with E-state index < -0.39 is 0 Å². The van der Waals surface area contributed by atoms with E-state index in [-0.39, 0.29) is 5.82 Å². The maximum atomic E-state index is 13.4. The van der Waals surface area contributed by atoms with Crippen LogP contribution in [0.3, 0.4) is 0 Å². The van der Waals surface area contributed by atoms with Crippen molar-refractivity contribution < 1.29 is 4.39 Å². The molecule has 3 aliphatic rings. The highest BCUT2D eigenvalue weighted by atomic mass is 19.1. The summed E-state index contributed by atoms with van der Waals surface area (Å²) in [5.74, 6) is 0.372. The Morgan fingerprint density at radius 3 is 2.44 bits per heavy atom. The summed E-state index contributed by atoms with van der Waals surface area (Å²) in [7, 11) is 0. The third-order valence-corrected chi connectivity index (χ3v) is 8.27. The molecule has 1 N–H and O–H groups in total. The molecule has 32 heavy (non-hydrogen) atoms. The second-order valence-corrected chi connectivity index (χ2v) is 10.7. The zero-order valence-corrected chi connectivity index (χ0v) is 19.7. The molecule has 2 saturated heterocycles. The fraction of sp³-hybridized carbons (Fsp3) is 0.571. The number of rotatable bonds is 5. The van der Waals surface area contributed by atoms with Crippen molar-refractivity contribution in [1.82, 2.24) is 15.1 Å². The largest absolute Gasteiger partial charge is 0.317 e. The van der Waals surface area contributed by atoms with Gasteiger partial charge in [-0.15, -0.1) is 0 Å². The van der Waals surface area contributed by atoms with Crippen molar-refractivity contribution in [2.45, 2.75) is 64.1 Å². The van der Waals surface area contributed by atoms with Crippen molar-refractivity contribution >= 4 is 0 Å². The van der Waals surface area contributed by atoms with Crippen LogP contribution in [0.4, 0.5) is 4.39 Å². The van der Waals surface area contributed by atoms with E-state index in [1.807, 2.05) is 12.1 Å². The van der Waals surface area contributed by atoms with Crippen LogP contribution in [-0.4, -0.2) is 48.6 Å². The molecule has 0 amide bonds. The normalized spacial score (nSPS) is 24.7. The highest BCUT2D eigenvalue weighted by Crippen LogP contribution is 2.52. The molecule has 172 valence electrons. The van der Waals surface area contributed by atoms with Crippen LogP contribution in [0.2, 0.25) is 0 Å². The molecule has 1 spiro atoms. The molecule has 5 rings (SSSR count). The van der Waals surface area contributed by atoms with Gasteiger partial charge in [-0.3, -0.25) is 9.80 Å². The van der Waals surface area contributed by atoms with Gasteiger partial charge < -0.3 is 5.32 Å². The number of nitrogens with zero attached hydrogens (tertiary/aromatic N) is 2. The Morgan fingerprint density at radius 1 is 1.00 bits per heavy atom. The summed E-state index contributed by atoms with van der Waals surface area (Å²) >= 11 is 0. The molecule has 0 radical (unpaired) electrons. The van der Waals surface area contributed by atoms with Gasteiger partial charge in [-0.25, -0.2) is 4.39 Å². The first-order valence-electron chi connectivity index (χ1n) is 12.6. The maximum Gasteiger partial charge on any atom is 0.123 e. The zero-order chi connectivity index (χ0) is 22.1. The van der Waals surface area contributed by atoms with Gasteiger partial charge in [0, 0.05) is 38.3 Å². The van der Waals surface area contributed by atoms with Gasteiger partial charge in [-0.2, -0.15) is 0 Å². The van der Waals surface area contributed by atoms with E-state index in [2.05, 4.69) is 53.2 Å². The second-order valence-electron chi connectivity index (χ2n) is 10.7. The van der Waals surface area contributed by atoms with Crippen LogP contribution in [0.5, 0.6) is 0 Å². The van der Waals surface area contributed by atoms with Gasteiger partial charge in [0.15, 0.2) is 0 Å². The van der Waals surface area contributed by atoms with E-state index in [4.69, 9.17) is 0 Å². The van der Waals surface area contributed by atoms with Crippen molar-refractivity contribution in [3.05, 3.63) is 71.0 Å². The maximum absolute atomic E-state index is 13.4. The first-order valence-corrected chi connectivity index (χ1v) is 12.6. The molecule has 0 aromatic heterocycles. The van der Waals surface area contributed by atoms with Crippen molar-refractivity contribution in [1.29, 1.82) is 0 Å². The molecule has 2 aromatic rings. The standard InChI is InChI=1S/C28H38FN3/c1-21(2)25-5-3-4-6-26(25)27-20-31(19-22-7-9-23(29)10-8-22)15-16-32(27)24-17-28(18-24)11-13-30-14-12-28/h3-10,21,24,27,30H,11-20H2,1-2H3/t27-/m1/s1. The quantitative estimate of drug-likeness (QED) is 0.684. The van der Waals surface area contributed by atoms with E-state index in [1.165, 1.54) is 55.5 Å². The fourth-order valence-corrected chi connectivity index (χ4v) is 6.44. The first-order chi connectivity index (χ1) is 15.5. The van der Waals surface area contributed by atoms with Crippen LogP contribution >= 0.6 is 0 Å². The zero-order valence-electron chi connectivity index (χ0n) is 19.7. The molecule has 2 aliphatic heterocycles. The van der Waals surface area contributed by atoms with Crippen LogP contribution in [0.1, 0.15) is 68.2 Å². The van der Waals surface area contributed by atoms with Crippen LogP contribution in [0.25, 0.3) is 0 Å². The molecular weight excluding hydrogens is 397 g/mol. The van der Waals surface area contributed by atoms with Gasteiger partial charge in [-0.1, -0.05) is 50.2 Å². The highest BCUT2D eigenvalue weighted by molar-refractivity contribution is 5.33. The number of piperazine rings is 1. The van der Waals surface area contributed by atoms with E-state index in [0.717, 1.165) is 26.2 Å². The molecule has 2 heterocycles. The monoisotopic (exact) mass is 435 g/mol. The lowest BCUT2D eigenvalue weighted by molar-refractivity contribution is -0.0650. The highest BCUT2D eigenvalue weighted by Gasteiger charge is 2.49. The molecule has 3 fully saturated rings. The Kier molecular flexibility index (Phi) is 6.37. The molecule has 1 atom stereocenters. The van der Waals surface area contributed by atoms with E-state index >= 15 is 0 Å². The summed E-state index contributed by atoms with van der Waals surface area (Å²) in [6.45, 7) is 11.2. The fourth-order valence-electron chi connectivity index (χ4n) is 6.44. The SMILES string of the molecule is CC(C)c1ccccc1[C@H]1CN(Cc2ccc(F)cc2)CCN1C1CC2(CCNCC2)C1. The lowest BCUT2D eigenvalue weighted by Gasteiger charge is -2.57. The third kappa shape index (κ3) is 4.50. The Hall–Kier alpha value is -1.75. The van der Waals surface area contributed by atoms with Gasteiger partial charge in [0.25, 0.3) is 0 Å². The number of hydrogen-bond donors (Lipinski definition) is 1. The minimum atomic E-state index is -0.154. The predicted octanol–water partition coefficient (Wildman–Crippen LogP) is 5.34. The Morgan fingerprint density at radius 2 is 1.72 bits per heavy atom. The van der Waals surface area contributed by atoms with Crippen LogP contribution in [-0.2, 0) is 6.54 Å². The van der Waals surface area contributed by atoms with Gasteiger partial charge in [0.2, 0.25) is 0 Å². The molecule has 0 unspecified atom stereocenters. The molecule has 2 aromatic carbocycles. The molecule has 1 saturated carbocycles. The Labute approximate surface area is 193 Å². The van der Waals surface area contributed by atoms with Gasteiger partial charge in [0.1, 0.15) is 5.82 Å². The summed E-state index contributed by atoms with van der Waals surface area (Å²) in [5, 5.41) is 3.55. The number of nitrogens with one attached hydrogen (secondary N) is 1. The molecule has 4 heteroatoms. The summed E-state index contributed by atoms with van der Waals surface area (Å²) in [5.41, 5.74) is 4.80. The minimum absolute atomic E-state index is 0.154. The molecule has 1 aliphatic carbocycles. The Bertz CT molecular complexity index is 895. The molecule has 0 bridgehead atoms. The number of benzene rings is 2. The number of hydrogen-bond acceptors (Lipinski definition) is 3. The summed E-state index contributed by atoms with van der Waals surface area (Å²) < 4.78 is 13.4. The van der Waals surface area contributed by atoms with Gasteiger partial charge in [-0.05, 0) is 78.9 Å².